The number of urea groups is 1. The molecule has 3 aromatic heterocycles. The minimum Gasteiger partial charge on any atom is -0.365 e. The van der Waals surface area contributed by atoms with Crippen LogP contribution in [-0.4, -0.2) is 38.6 Å². The number of hydrogen-bond donors (Lipinski definition) is 3. The Morgan fingerprint density at radius 3 is 2.78 bits per heavy atom. The maximum absolute atomic E-state index is 12.1. The largest absolute Gasteiger partial charge is 0.365 e. The first kappa shape index (κ1) is 19.0. The van der Waals surface area contributed by atoms with Crippen molar-refractivity contribution < 1.29 is 4.79 Å². The quantitative estimate of drug-likeness (QED) is 0.553. The smallest absolute Gasteiger partial charge is 0.319 e. The van der Waals surface area contributed by atoms with Crippen LogP contribution in [0.4, 0.5) is 16.3 Å². The molecule has 0 bridgehead atoms. The molecule has 9 heteroatoms. The van der Waals surface area contributed by atoms with Crippen molar-refractivity contribution in [3.05, 3.63) is 47.1 Å². The number of aromatic nitrogens is 4. The average molecular weight is 430 g/mol. The predicted molar refractivity (Wildman–Crippen MR) is 109 cm³/mol. The molecule has 0 radical (unpaired) electrons. The van der Waals surface area contributed by atoms with Gasteiger partial charge in [0, 0.05) is 29.0 Å². The first-order valence-electron chi connectivity index (χ1n) is 8.55. The van der Waals surface area contributed by atoms with E-state index in [0.717, 1.165) is 22.0 Å². The topological polar surface area (TPSA) is 105 Å². The number of aryl methyl sites for hydroxylation is 1. The Hall–Kier alpha value is -2.81. The van der Waals surface area contributed by atoms with E-state index < -0.39 is 0 Å². The zero-order chi connectivity index (χ0) is 19.2. The molecule has 0 fully saturated rings. The summed E-state index contributed by atoms with van der Waals surface area (Å²) < 4.78 is 0.852. The van der Waals surface area contributed by atoms with E-state index in [1.807, 2.05) is 32.0 Å². The molecule has 140 valence electrons. The van der Waals surface area contributed by atoms with Gasteiger partial charge in [-0.2, -0.15) is 0 Å². The third-order valence-electron chi connectivity index (χ3n) is 3.97. The molecule has 0 spiro atoms. The minimum absolute atomic E-state index is 0.00368. The normalized spacial score (nSPS) is 11.8. The summed E-state index contributed by atoms with van der Waals surface area (Å²) in [7, 11) is 0. The minimum atomic E-state index is -0.280. The first-order valence-corrected chi connectivity index (χ1v) is 9.34. The highest BCUT2D eigenvalue weighted by atomic mass is 79.9. The van der Waals surface area contributed by atoms with Gasteiger partial charge in [0.25, 0.3) is 0 Å². The van der Waals surface area contributed by atoms with Gasteiger partial charge in [0.2, 0.25) is 0 Å². The fraction of sp³-hybridized carbons (Fsp3) is 0.278. The van der Waals surface area contributed by atoms with E-state index in [2.05, 4.69) is 51.8 Å². The van der Waals surface area contributed by atoms with Gasteiger partial charge in [-0.1, -0.05) is 6.92 Å². The third kappa shape index (κ3) is 5.10. The maximum Gasteiger partial charge on any atom is 0.319 e. The van der Waals surface area contributed by atoms with Crippen molar-refractivity contribution in [1.82, 2.24) is 25.3 Å². The number of pyridine rings is 2. The molecular weight excluding hydrogens is 410 g/mol. The van der Waals surface area contributed by atoms with E-state index in [4.69, 9.17) is 0 Å². The molecule has 8 nitrogen and oxygen atoms in total. The van der Waals surface area contributed by atoms with Crippen molar-refractivity contribution in [2.24, 2.45) is 0 Å². The molecule has 1 unspecified atom stereocenters. The van der Waals surface area contributed by atoms with Gasteiger partial charge in [0.1, 0.15) is 12.1 Å². The molecular formula is C18H20BrN7O. The summed E-state index contributed by atoms with van der Waals surface area (Å²) in [6.07, 6.45) is 5.60. The van der Waals surface area contributed by atoms with Gasteiger partial charge in [-0.15, -0.1) is 0 Å². The number of amides is 2. The molecule has 0 aliphatic carbocycles. The van der Waals surface area contributed by atoms with Crippen LogP contribution < -0.4 is 16.0 Å². The summed E-state index contributed by atoms with van der Waals surface area (Å²) in [6.45, 7) is 4.37. The van der Waals surface area contributed by atoms with E-state index in [1.54, 1.807) is 12.4 Å². The molecule has 0 saturated carbocycles. The number of carbonyl (C=O) groups excluding carboxylic acids is 1. The number of carbonyl (C=O) groups is 1. The van der Waals surface area contributed by atoms with E-state index in [9.17, 15) is 4.79 Å². The van der Waals surface area contributed by atoms with Crippen molar-refractivity contribution in [1.29, 1.82) is 0 Å². The standard InChI is InChI=1S/C18H20BrN7O/c1-3-13(8-22-18(27)26-14-5-4-11(2)20-9-14)25-17-15-6-12(19)7-21-16(15)23-10-24-17/h4-7,9-10,13H,3,8H2,1-2H3,(H2,22,26,27)(H,21,23,24,25). The van der Waals surface area contributed by atoms with Crippen molar-refractivity contribution in [3.63, 3.8) is 0 Å². The van der Waals surface area contributed by atoms with E-state index in [0.29, 0.717) is 23.7 Å². The molecule has 3 aromatic rings. The Kier molecular flexibility index (Phi) is 6.12. The zero-order valence-electron chi connectivity index (χ0n) is 15.0. The average Bonchev–Trinajstić information content (AvgIpc) is 2.67. The number of nitrogens with zero attached hydrogens (tertiary/aromatic N) is 4. The Morgan fingerprint density at radius 1 is 1.19 bits per heavy atom. The second kappa shape index (κ2) is 8.72. The van der Waals surface area contributed by atoms with Crippen LogP contribution in [0.5, 0.6) is 0 Å². The molecule has 3 rings (SSSR count). The summed E-state index contributed by atoms with van der Waals surface area (Å²) in [5, 5.41) is 9.81. The lowest BCUT2D eigenvalue weighted by atomic mass is 10.2. The van der Waals surface area contributed by atoms with Crippen molar-refractivity contribution in [2.45, 2.75) is 26.3 Å². The number of hydrogen-bond acceptors (Lipinski definition) is 6. The first-order chi connectivity index (χ1) is 13.0. The molecule has 0 aliphatic rings. The molecule has 1 atom stereocenters. The van der Waals surface area contributed by atoms with E-state index in [-0.39, 0.29) is 12.1 Å². The SMILES string of the molecule is CCC(CNC(=O)Nc1ccc(C)nc1)Nc1ncnc2ncc(Br)cc12. The van der Waals surface area contributed by atoms with Gasteiger partial charge in [-0.05, 0) is 47.5 Å². The van der Waals surface area contributed by atoms with Crippen LogP contribution in [0.3, 0.4) is 0 Å². The molecule has 0 aromatic carbocycles. The van der Waals surface area contributed by atoms with Gasteiger partial charge in [0.15, 0.2) is 5.65 Å². The lowest BCUT2D eigenvalue weighted by Crippen LogP contribution is -2.38. The molecule has 27 heavy (non-hydrogen) atoms. The Morgan fingerprint density at radius 2 is 2.04 bits per heavy atom. The van der Waals surface area contributed by atoms with E-state index in [1.165, 1.54) is 6.33 Å². The molecule has 3 heterocycles. The number of rotatable bonds is 6. The summed E-state index contributed by atoms with van der Waals surface area (Å²) >= 11 is 3.42. The summed E-state index contributed by atoms with van der Waals surface area (Å²) in [5.74, 6) is 0.686. The summed E-state index contributed by atoms with van der Waals surface area (Å²) in [6, 6.07) is 5.30. The monoisotopic (exact) mass is 429 g/mol. The Bertz CT molecular complexity index is 933. The van der Waals surface area contributed by atoms with Crippen LogP contribution in [0.2, 0.25) is 0 Å². The number of nitrogens with one attached hydrogen (secondary N) is 3. The van der Waals surface area contributed by atoms with Crippen LogP contribution in [0, 0.1) is 6.92 Å². The van der Waals surface area contributed by atoms with Gasteiger partial charge in [0.05, 0.1) is 17.3 Å². The number of anilines is 2. The van der Waals surface area contributed by atoms with Crippen molar-refractivity contribution in [2.75, 3.05) is 17.2 Å². The van der Waals surface area contributed by atoms with Gasteiger partial charge < -0.3 is 16.0 Å². The highest BCUT2D eigenvalue weighted by molar-refractivity contribution is 9.10. The molecule has 0 aliphatic heterocycles. The van der Waals surface area contributed by atoms with Crippen LogP contribution in [0.15, 0.2) is 41.4 Å². The summed E-state index contributed by atoms with van der Waals surface area (Å²) in [5.41, 5.74) is 2.16. The molecule has 2 amide bonds. The third-order valence-corrected chi connectivity index (χ3v) is 4.40. The highest BCUT2D eigenvalue weighted by Crippen LogP contribution is 2.22. The van der Waals surface area contributed by atoms with Gasteiger partial charge in [-0.25, -0.2) is 19.7 Å². The lowest BCUT2D eigenvalue weighted by molar-refractivity contribution is 0.251. The number of fused-ring (bicyclic) bond motifs is 1. The van der Waals surface area contributed by atoms with E-state index >= 15 is 0 Å². The Balaban J connectivity index is 1.62. The Labute approximate surface area is 165 Å². The molecule has 0 saturated heterocycles. The van der Waals surface area contributed by atoms with Crippen LogP contribution in [-0.2, 0) is 0 Å². The van der Waals surface area contributed by atoms with Crippen molar-refractivity contribution >= 4 is 44.5 Å². The van der Waals surface area contributed by atoms with Crippen LogP contribution in [0.1, 0.15) is 19.0 Å². The van der Waals surface area contributed by atoms with Crippen LogP contribution >= 0.6 is 15.9 Å². The lowest BCUT2D eigenvalue weighted by Gasteiger charge is -2.19. The van der Waals surface area contributed by atoms with Crippen LogP contribution in [0.25, 0.3) is 11.0 Å². The fourth-order valence-corrected chi connectivity index (χ4v) is 2.79. The maximum atomic E-state index is 12.1. The van der Waals surface area contributed by atoms with Crippen molar-refractivity contribution in [3.8, 4) is 0 Å². The summed E-state index contributed by atoms with van der Waals surface area (Å²) in [4.78, 5) is 29.0. The number of halogens is 1. The molecule has 3 N–H and O–H groups in total. The second-order valence-corrected chi connectivity index (χ2v) is 6.94. The van der Waals surface area contributed by atoms with Gasteiger partial charge >= 0.3 is 6.03 Å². The van der Waals surface area contributed by atoms with Gasteiger partial charge in [-0.3, -0.25) is 4.98 Å². The highest BCUT2D eigenvalue weighted by Gasteiger charge is 2.12. The second-order valence-electron chi connectivity index (χ2n) is 6.02. The zero-order valence-corrected chi connectivity index (χ0v) is 16.6. The predicted octanol–water partition coefficient (Wildman–Crippen LogP) is 3.50. The fourth-order valence-electron chi connectivity index (χ4n) is 2.46.